The number of amides is 1. The number of anilines is 1. The maximum atomic E-state index is 13.3. The number of carbonyl (C=O) groups excluding carboxylic acids is 1. The number of benzene rings is 2. The van der Waals surface area contributed by atoms with E-state index in [0.717, 1.165) is 24.1 Å². The summed E-state index contributed by atoms with van der Waals surface area (Å²) in [6, 6.07) is 12.1. The summed E-state index contributed by atoms with van der Waals surface area (Å²) in [4.78, 5) is 15.0. The van der Waals surface area contributed by atoms with Crippen molar-refractivity contribution < 1.29 is 17.9 Å². The predicted molar refractivity (Wildman–Crippen MR) is 107 cm³/mol. The van der Waals surface area contributed by atoms with Crippen LogP contribution < -0.4 is 4.90 Å². The van der Waals surface area contributed by atoms with Crippen LogP contribution in [0.1, 0.15) is 22.3 Å². The quantitative estimate of drug-likeness (QED) is 0.765. The van der Waals surface area contributed by atoms with Gasteiger partial charge in [0.25, 0.3) is 5.91 Å². The molecule has 0 unspecified atom stereocenters. The molecule has 6 nitrogen and oxygen atoms in total. The van der Waals surface area contributed by atoms with E-state index in [1.165, 1.54) is 22.5 Å². The number of rotatable bonds is 3. The highest BCUT2D eigenvalue weighted by Crippen LogP contribution is 2.31. The summed E-state index contributed by atoms with van der Waals surface area (Å²) < 4.78 is 32.5. The fraction of sp³-hybridized carbons (Fsp3) is 0.350. The van der Waals surface area contributed by atoms with Gasteiger partial charge in [-0.1, -0.05) is 29.8 Å². The molecule has 0 aromatic heterocycles. The molecule has 1 fully saturated rings. The normalized spacial score (nSPS) is 18.0. The number of ether oxygens (including phenoxy) is 1. The second-order valence-electron chi connectivity index (χ2n) is 6.85. The molecule has 2 aromatic rings. The van der Waals surface area contributed by atoms with Crippen LogP contribution in [-0.4, -0.2) is 51.5 Å². The van der Waals surface area contributed by atoms with Crippen LogP contribution >= 0.6 is 11.6 Å². The van der Waals surface area contributed by atoms with Crippen molar-refractivity contribution in [3.05, 3.63) is 58.6 Å². The van der Waals surface area contributed by atoms with Gasteiger partial charge in [-0.2, -0.15) is 4.31 Å². The number of aryl methyl sites for hydroxylation is 1. The fourth-order valence-electron chi connectivity index (χ4n) is 3.65. The third kappa shape index (κ3) is 3.55. The molecule has 2 aromatic carbocycles. The first-order chi connectivity index (χ1) is 13.5. The predicted octanol–water partition coefficient (Wildman–Crippen LogP) is 2.95. The Balaban J connectivity index is 1.69. The van der Waals surface area contributed by atoms with E-state index in [1.807, 2.05) is 24.3 Å². The lowest BCUT2D eigenvalue weighted by molar-refractivity contribution is 0.0730. The van der Waals surface area contributed by atoms with Gasteiger partial charge in [0, 0.05) is 25.3 Å². The summed E-state index contributed by atoms with van der Waals surface area (Å²) in [5.74, 6) is -0.281. The van der Waals surface area contributed by atoms with E-state index < -0.39 is 10.0 Å². The van der Waals surface area contributed by atoms with Crippen LogP contribution in [0.25, 0.3) is 0 Å². The van der Waals surface area contributed by atoms with Crippen molar-refractivity contribution in [2.45, 2.75) is 17.7 Å². The molecule has 1 saturated heterocycles. The van der Waals surface area contributed by atoms with E-state index in [9.17, 15) is 13.2 Å². The van der Waals surface area contributed by atoms with Gasteiger partial charge in [0.05, 0.1) is 28.7 Å². The van der Waals surface area contributed by atoms with E-state index in [4.69, 9.17) is 16.3 Å². The van der Waals surface area contributed by atoms with Gasteiger partial charge in [-0.05, 0) is 42.7 Å². The van der Waals surface area contributed by atoms with E-state index in [-0.39, 0.29) is 21.4 Å². The summed E-state index contributed by atoms with van der Waals surface area (Å²) in [5.41, 5.74) is 2.17. The van der Waals surface area contributed by atoms with Crippen LogP contribution in [0.4, 0.5) is 5.69 Å². The smallest absolute Gasteiger partial charge is 0.259 e. The van der Waals surface area contributed by atoms with Gasteiger partial charge in [0.1, 0.15) is 0 Å². The number of morpholine rings is 1. The van der Waals surface area contributed by atoms with Gasteiger partial charge in [-0.15, -0.1) is 0 Å². The Morgan fingerprint density at radius 2 is 1.79 bits per heavy atom. The zero-order valence-corrected chi connectivity index (χ0v) is 16.9. The number of hydrogen-bond donors (Lipinski definition) is 0. The second kappa shape index (κ2) is 7.83. The van der Waals surface area contributed by atoms with Crippen LogP contribution in [0, 0.1) is 0 Å². The molecule has 0 N–H and O–H groups in total. The SMILES string of the molecule is O=C(c1cc(S(=O)(=O)N2CCOCC2)ccc1Cl)N1CCCc2ccccc21. The molecular formula is C20H21ClN2O4S. The average Bonchev–Trinajstić information content (AvgIpc) is 2.73. The number of sulfonamides is 1. The molecule has 2 aliphatic heterocycles. The van der Waals surface area contributed by atoms with E-state index in [1.54, 1.807) is 4.90 Å². The van der Waals surface area contributed by atoms with Crippen LogP contribution in [0.15, 0.2) is 47.4 Å². The molecule has 148 valence electrons. The second-order valence-corrected chi connectivity index (χ2v) is 9.19. The Morgan fingerprint density at radius 3 is 2.57 bits per heavy atom. The van der Waals surface area contributed by atoms with Crippen molar-refractivity contribution >= 4 is 33.2 Å². The van der Waals surface area contributed by atoms with E-state index in [0.29, 0.717) is 32.8 Å². The van der Waals surface area contributed by atoms with Crippen molar-refractivity contribution in [1.82, 2.24) is 4.31 Å². The first-order valence-corrected chi connectivity index (χ1v) is 11.1. The van der Waals surface area contributed by atoms with Crippen molar-refractivity contribution in [3.63, 3.8) is 0 Å². The molecule has 0 saturated carbocycles. The topological polar surface area (TPSA) is 66.9 Å². The third-order valence-corrected chi connectivity index (χ3v) is 7.36. The molecule has 2 heterocycles. The van der Waals surface area contributed by atoms with Crippen molar-refractivity contribution in [3.8, 4) is 0 Å². The van der Waals surface area contributed by atoms with Gasteiger partial charge < -0.3 is 9.64 Å². The lowest BCUT2D eigenvalue weighted by Gasteiger charge is -2.30. The summed E-state index contributed by atoms with van der Waals surface area (Å²) in [6.45, 7) is 1.90. The molecule has 28 heavy (non-hydrogen) atoms. The Labute approximate surface area is 169 Å². The number of fused-ring (bicyclic) bond motifs is 1. The van der Waals surface area contributed by atoms with E-state index >= 15 is 0 Å². The summed E-state index contributed by atoms with van der Waals surface area (Å²) >= 11 is 6.30. The van der Waals surface area contributed by atoms with Crippen molar-refractivity contribution in [2.24, 2.45) is 0 Å². The molecule has 2 aliphatic rings. The minimum absolute atomic E-state index is 0.0763. The molecule has 4 rings (SSSR count). The Morgan fingerprint density at radius 1 is 1.04 bits per heavy atom. The molecule has 0 spiro atoms. The Hall–Kier alpha value is -1.93. The largest absolute Gasteiger partial charge is 0.379 e. The number of para-hydroxylation sites is 1. The molecule has 8 heteroatoms. The van der Waals surface area contributed by atoms with Gasteiger partial charge in [-0.25, -0.2) is 8.42 Å². The number of carbonyl (C=O) groups is 1. The van der Waals surface area contributed by atoms with Crippen LogP contribution in [0.5, 0.6) is 0 Å². The maximum absolute atomic E-state index is 13.3. The zero-order chi connectivity index (χ0) is 19.7. The third-order valence-electron chi connectivity index (χ3n) is 5.13. The van der Waals surface area contributed by atoms with Crippen LogP contribution in [-0.2, 0) is 21.2 Å². The van der Waals surface area contributed by atoms with Crippen molar-refractivity contribution in [2.75, 3.05) is 37.7 Å². The standard InChI is InChI=1S/C20H21ClN2O4S/c21-18-8-7-16(28(25,26)22-10-12-27-13-11-22)14-17(18)20(24)23-9-3-5-15-4-1-2-6-19(15)23/h1-2,4,6-8,14H,3,5,9-13H2. The van der Waals surface area contributed by atoms with Crippen LogP contribution in [0.3, 0.4) is 0 Å². The molecule has 1 amide bonds. The van der Waals surface area contributed by atoms with E-state index in [2.05, 4.69) is 0 Å². The Bertz CT molecular complexity index is 1000. The molecule has 0 aliphatic carbocycles. The highest BCUT2D eigenvalue weighted by molar-refractivity contribution is 7.89. The molecule has 0 radical (unpaired) electrons. The summed E-state index contributed by atoms with van der Waals surface area (Å²) in [5, 5.41) is 0.244. The monoisotopic (exact) mass is 420 g/mol. The molecule has 0 atom stereocenters. The molecular weight excluding hydrogens is 400 g/mol. The minimum Gasteiger partial charge on any atom is -0.379 e. The first-order valence-electron chi connectivity index (χ1n) is 9.26. The zero-order valence-electron chi connectivity index (χ0n) is 15.3. The lowest BCUT2D eigenvalue weighted by atomic mass is 10.0. The Kier molecular flexibility index (Phi) is 5.42. The summed E-state index contributed by atoms with van der Waals surface area (Å²) in [7, 11) is -3.70. The highest BCUT2D eigenvalue weighted by Gasteiger charge is 2.29. The minimum atomic E-state index is -3.70. The van der Waals surface area contributed by atoms with Gasteiger partial charge >= 0.3 is 0 Å². The molecule has 0 bridgehead atoms. The highest BCUT2D eigenvalue weighted by atomic mass is 35.5. The number of hydrogen-bond acceptors (Lipinski definition) is 4. The first kappa shape index (κ1) is 19.4. The van der Waals surface area contributed by atoms with Gasteiger partial charge in [0.15, 0.2) is 0 Å². The van der Waals surface area contributed by atoms with Gasteiger partial charge in [0.2, 0.25) is 10.0 Å². The maximum Gasteiger partial charge on any atom is 0.259 e. The average molecular weight is 421 g/mol. The van der Waals surface area contributed by atoms with Gasteiger partial charge in [-0.3, -0.25) is 4.79 Å². The summed E-state index contributed by atoms with van der Waals surface area (Å²) in [6.07, 6.45) is 1.77. The van der Waals surface area contributed by atoms with Crippen LogP contribution in [0.2, 0.25) is 5.02 Å². The number of halogens is 1. The fourth-order valence-corrected chi connectivity index (χ4v) is 5.29. The lowest BCUT2D eigenvalue weighted by Crippen LogP contribution is -2.40. The van der Waals surface area contributed by atoms with Crippen molar-refractivity contribution in [1.29, 1.82) is 0 Å². The number of nitrogens with zero attached hydrogens (tertiary/aromatic N) is 2.